The Hall–Kier alpha value is -1.27. The molecular formula is C6H11N3O3. The van der Waals surface area contributed by atoms with E-state index in [-0.39, 0.29) is 19.1 Å². The third-order valence-corrected chi connectivity index (χ3v) is 1.25. The van der Waals surface area contributed by atoms with Gasteiger partial charge in [0.05, 0.1) is 12.8 Å². The summed E-state index contributed by atoms with van der Waals surface area (Å²) < 4.78 is 6.48. The number of rotatable bonds is 4. The molecule has 1 aromatic heterocycles. The third-order valence-electron chi connectivity index (χ3n) is 1.25. The summed E-state index contributed by atoms with van der Waals surface area (Å²) in [5, 5.41) is 20.9. The maximum Gasteiger partial charge on any atom is 0.258 e. The Kier molecular flexibility index (Phi) is 2.89. The highest BCUT2D eigenvalue weighted by molar-refractivity contribution is 5.48. The lowest BCUT2D eigenvalue weighted by molar-refractivity contribution is 0.195. The number of aliphatic hydroxyl groups excluding tert-OH is 1. The van der Waals surface area contributed by atoms with Gasteiger partial charge in [0, 0.05) is 7.05 Å². The van der Waals surface area contributed by atoms with Crippen LogP contribution < -0.4 is 10.2 Å². The van der Waals surface area contributed by atoms with Gasteiger partial charge in [-0.3, -0.25) is 15.4 Å². The number of hydrogen-bond donors (Lipinski definition) is 3. The van der Waals surface area contributed by atoms with Crippen LogP contribution in [-0.2, 0) is 7.05 Å². The van der Waals surface area contributed by atoms with Crippen molar-refractivity contribution in [3.8, 4) is 5.88 Å². The number of ether oxygens (including phenoxy) is 1. The fraction of sp³-hybridized carbons (Fsp3) is 0.500. The first-order valence-corrected chi connectivity index (χ1v) is 3.45. The summed E-state index contributed by atoms with van der Waals surface area (Å²) in [6.45, 7) is 0.0765. The van der Waals surface area contributed by atoms with E-state index in [1.165, 1.54) is 4.68 Å². The molecule has 0 atom stereocenters. The lowest BCUT2D eigenvalue weighted by Crippen LogP contribution is -2.03. The van der Waals surface area contributed by atoms with Gasteiger partial charge in [0.25, 0.3) is 5.88 Å². The molecule has 1 rings (SSSR count). The fourth-order valence-electron chi connectivity index (χ4n) is 0.794. The number of aryl methyl sites for hydroxylation is 1. The van der Waals surface area contributed by atoms with Crippen LogP contribution in [0, 0.1) is 0 Å². The van der Waals surface area contributed by atoms with Gasteiger partial charge >= 0.3 is 0 Å². The molecule has 0 unspecified atom stereocenters. The second-order valence-corrected chi connectivity index (χ2v) is 2.21. The molecule has 0 aliphatic carbocycles. The van der Waals surface area contributed by atoms with Gasteiger partial charge in [-0.05, 0) is 0 Å². The van der Waals surface area contributed by atoms with Gasteiger partial charge in [-0.25, -0.2) is 0 Å². The molecular weight excluding hydrogens is 162 g/mol. The van der Waals surface area contributed by atoms with E-state index in [2.05, 4.69) is 5.10 Å². The average molecular weight is 173 g/mol. The molecule has 0 spiro atoms. The highest BCUT2D eigenvalue weighted by Crippen LogP contribution is 2.20. The molecule has 0 saturated carbocycles. The molecule has 0 bridgehead atoms. The number of hydrogen-bond acceptors (Lipinski definition) is 5. The average Bonchev–Trinajstić information content (AvgIpc) is 2.42. The van der Waals surface area contributed by atoms with Gasteiger partial charge < -0.3 is 9.84 Å². The lowest BCUT2D eigenvalue weighted by Gasteiger charge is -2.00. The Morgan fingerprint density at radius 3 is 3.08 bits per heavy atom. The maximum atomic E-state index is 8.59. The van der Waals surface area contributed by atoms with Gasteiger partial charge in [0.1, 0.15) is 12.3 Å². The van der Waals surface area contributed by atoms with Crippen LogP contribution in [0.2, 0.25) is 0 Å². The molecule has 0 amide bonds. The van der Waals surface area contributed by atoms with Crippen LogP contribution in [-0.4, -0.2) is 33.3 Å². The lowest BCUT2D eigenvalue weighted by atomic mass is 10.6. The Labute approximate surface area is 69.3 Å². The molecule has 0 fully saturated rings. The van der Waals surface area contributed by atoms with Crippen molar-refractivity contribution in [2.24, 2.45) is 7.05 Å². The first kappa shape index (κ1) is 8.82. The fourth-order valence-corrected chi connectivity index (χ4v) is 0.794. The first-order valence-electron chi connectivity index (χ1n) is 3.45. The number of anilines is 1. The van der Waals surface area contributed by atoms with Crippen LogP contribution in [0.5, 0.6) is 5.88 Å². The van der Waals surface area contributed by atoms with Gasteiger partial charge in [-0.2, -0.15) is 0 Å². The van der Waals surface area contributed by atoms with Crippen molar-refractivity contribution in [1.82, 2.24) is 9.78 Å². The van der Waals surface area contributed by atoms with E-state index < -0.39 is 0 Å². The molecule has 0 radical (unpaired) electrons. The van der Waals surface area contributed by atoms with Crippen LogP contribution in [0.1, 0.15) is 0 Å². The first-order chi connectivity index (χ1) is 5.77. The standard InChI is InChI=1S/C6H11N3O3/c1-9-4-5(8-11)6(7-9)12-3-2-10/h4,8,10-11H,2-3H2,1H3. The van der Waals surface area contributed by atoms with Gasteiger partial charge in [0.15, 0.2) is 0 Å². The minimum absolute atomic E-state index is 0.0819. The summed E-state index contributed by atoms with van der Waals surface area (Å²) in [6.07, 6.45) is 1.56. The summed E-state index contributed by atoms with van der Waals surface area (Å²) in [5.74, 6) is 0.272. The second kappa shape index (κ2) is 3.93. The van der Waals surface area contributed by atoms with Crippen molar-refractivity contribution in [1.29, 1.82) is 0 Å². The number of aliphatic hydroxyl groups is 1. The van der Waals surface area contributed by atoms with Crippen LogP contribution in [0.4, 0.5) is 5.69 Å². The predicted octanol–water partition coefficient (Wildman–Crippen LogP) is -0.408. The maximum absolute atomic E-state index is 8.59. The van der Waals surface area contributed by atoms with Crippen molar-refractivity contribution >= 4 is 5.69 Å². The smallest absolute Gasteiger partial charge is 0.258 e. The van der Waals surface area contributed by atoms with Crippen molar-refractivity contribution in [3.05, 3.63) is 6.20 Å². The predicted molar refractivity (Wildman–Crippen MR) is 41.2 cm³/mol. The summed E-state index contributed by atoms with van der Waals surface area (Å²) in [6, 6.07) is 0. The van der Waals surface area contributed by atoms with Gasteiger partial charge in [0.2, 0.25) is 0 Å². The zero-order valence-corrected chi connectivity index (χ0v) is 6.69. The third kappa shape index (κ3) is 1.86. The topological polar surface area (TPSA) is 79.5 Å². The molecule has 1 aromatic rings. The molecule has 1 heterocycles. The molecule has 12 heavy (non-hydrogen) atoms. The molecule has 6 nitrogen and oxygen atoms in total. The highest BCUT2D eigenvalue weighted by atomic mass is 16.5. The van der Waals surface area contributed by atoms with Crippen LogP contribution in [0.3, 0.4) is 0 Å². The number of aromatic nitrogens is 2. The van der Waals surface area contributed by atoms with Crippen molar-refractivity contribution in [3.63, 3.8) is 0 Å². The van der Waals surface area contributed by atoms with E-state index >= 15 is 0 Å². The zero-order valence-electron chi connectivity index (χ0n) is 6.69. The highest BCUT2D eigenvalue weighted by Gasteiger charge is 2.06. The molecule has 6 heteroatoms. The van der Waals surface area contributed by atoms with E-state index in [1.54, 1.807) is 13.2 Å². The van der Waals surface area contributed by atoms with Crippen LogP contribution in [0.15, 0.2) is 6.20 Å². The van der Waals surface area contributed by atoms with Crippen molar-refractivity contribution in [2.45, 2.75) is 0 Å². The molecule has 0 aliphatic rings. The van der Waals surface area contributed by atoms with Gasteiger partial charge in [-0.15, -0.1) is 5.10 Å². The summed E-state index contributed by atoms with van der Waals surface area (Å²) in [5.41, 5.74) is 2.32. The Balaban J connectivity index is 2.68. The van der Waals surface area contributed by atoms with Crippen molar-refractivity contribution < 1.29 is 15.1 Å². The molecule has 0 aromatic carbocycles. The minimum Gasteiger partial charge on any atom is -0.473 e. The van der Waals surface area contributed by atoms with E-state index in [1.807, 2.05) is 5.48 Å². The van der Waals surface area contributed by atoms with E-state index in [9.17, 15) is 0 Å². The monoisotopic (exact) mass is 173 g/mol. The normalized spacial score (nSPS) is 9.92. The molecule has 0 aliphatic heterocycles. The van der Waals surface area contributed by atoms with Gasteiger partial charge in [-0.1, -0.05) is 0 Å². The van der Waals surface area contributed by atoms with E-state index in [0.717, 1.165) is 0 Å². The molecule has 68 valence electrons. The minimum atomic E-state index is -0.0819. The van der Waals surface area contributed by atoms with E-state index in [4.69, 9.17) is 15.1 Å². The van der Waals surface area contributed by atoms with Crippen molar-refractivity contribution in [2.75, 3.05) is 18.7 Å². The van der Waals surface area contributed by atoms with Crippen LogP contribution in [0.25, 0.3) is 0 Å². The summed E-state index contributed by atoms with van der Waals surface area (Å²) in [7, 11) is 1.70. The number of nitrogens with zero attached hydrogens (tertiary/aromatic N) is 2. The molecule has 0 saturated heterocycles. The SMILES string of the molecule is Cn1cc(NO)c(OCCO)n1. The zero-order chi connectivity index (χ0) is 8.97. The number of nitrogens with one attached hydrogen (secondary N) is 1. The van der Waals surface area contributed by atoms with Crippen LogP contribution >= 0.6 is 0 Å². The molecule has 3 N–H and O–H groups in total. The Bertz CT molecular complexity index is 248. The summed E-state index contributed by atoms with van der Waals surface area (Å²) >= 11 is 0. The second-order valence-electron chi connectivity index (χ2n) is 2.21. The largest absolute Gasteiger partial charge is 0.473 e. The Morgan fingerprint density at radius 1 is 1.75 bits per heavy atom. The summed E-state index contributed by atoms with van der Waals surface area (Å²) in [4.78, 5) is 0. The quantitative estimate of drug-likeness (QED) is 0.539. The van der Waals surface area contributed by atoms with E-state index in [0.29, 0.717) is 5.69 Å². The Morgan fingerprint density at radius 2 is 2.50 bits per heavy atom.